The fourth-order valence-corrected chi connectivity index (χ4v) is 5.61. The van der Waals surface area contributed by atoms with Crippen molar-refractivity contribution >= 4 is 29.2 Å². The molecule has 6 nitrogen and oxygen atoms in total. The third-order valence-electron chi connectivity index (χ3n) is 6.80. The molecule has 2 aromatic rings. The molecule has 3 N–H and O–H groups in total. The van der Waals surface area contributed by atoms with Crippen molar-refractivity contribution in [2.24, 2.45) is 5.92 Å². The largest absolute Gasteiger partial charge is 0.383 e. The van der Waals surface area contributed by atoms with Crippen LogP contribution < -0.4 is 10.5 Å². The molecule has 0 unspecified atom stereocenters. The molecule has 7 heteroatoms. The fraction of sp³-hybridized carbons (Fsp3) is 0.586. The van der Waals surface area contributed by atoms with Gasteiger partial charge in [0.25, 0.3) is 0 Å². The number of benzene rings is 1. The van der Waals surface area contributed by atoms with Crippen LogP contribution in [-0.2, 0) is 6.42 Å². The summed E-state index contributed by atoms with van der Waals surface area (Å²) >= 11 is 1.69. The lowest BCUT2D eigenvalue weighted by molar-refractivity contribution is 0.149. The van der Waals surface area contributed by atoms with Gasteiger partial charge >= 0.3 is 0 Å². The van der Waals surface area contributed by atoms with E-state index in [0.29, 0.717) is 23.6 Å². The first kappa shape index (κ1) is 28.5. The van der Waals surface area contributed by atoms with Crippen LogP contribution in [0.3, 0.4) is 0 Å². The van der Waals surface area contributed by atoms with Gasteiger partial charge in [0, 0.05) is 48.1 Å². The van der Waals surface area contributed by atoms with Gasteiger partial charge in [-0.05, 0) is 102 Å². The maximum absolute atomic E-state index is 6.43. The average Bonchev–Trinajstić information content (AvgIpc) is 3.37. The van der Waals surface area contributed by atoms with E-state index in [1.807, 2.05) is 6.92 Å². The van der Waals surface area contributed by atoms with Gasteiger partial charge in [-0.1, -0.05) is 26.8 Å². The van der Waals surface area contributed by atoms with Crippen LogP contribution in [0.1, 0.15) is 78.0 Å². The predicted octanol–water partition coefficient (Wildman–Crippen LogP) is 6.91. The van der Waals surface area contributed by atoms with E-state index in [9.17, 15) is 0 Å². The molecule has 0 amide bonds. The molecule has 2 aliphatic heterocycles. The lowest BCUT2D eigenvalue weighted by atomic mass is 9.89. The molecule has 2 saturated heterocycles. The Morgan fingerprint density at radius 2 is 1.69 bits per heavy atom. The summed E-state index contributed by atoms with van der Waals surface area (Å²) in [5.41, 5.74) is 11.4. The fourth-order valence-electron chi connectivity index (χ4n) is 4.80. The Balaban J connectivity index is 0.00000115. The Hall–Kier alpha value is -2.09. The van der Waals surface area contributed by atoms with E-state index in [-0.39, 0.29) is 0 Å². The lowest BCUT2D eigenvalue weighted by Crippen LogP contribution is -2.39. The van der Waals surface area contributed by atoms with Gasteiger partial charge in [-0.25, -0.2) is 14.3 Å². The van der Waals surface area contributed by atoms with E-state index in [0.717, 1.165) is 60.7 Å². The molecule has 0 spiro atoms. The van der Waals surface area contributed by atoms with Crippen LogP contribution >= 0.6 is 12.1 Å². The van der Waals surface area contributed by atoms with E-state index in [1.165, 1.54) is 32.1 Å². The van der Waals surface area contributed by atoms with E-state index < -0.39 is 0 Å². The van der Waals surface area contributed by atoms with E-state index in [2.05, 4.69) is 77.5 Å². The van der Waals surface area contributed by atoms with Crippen molar-refractivity contribution in [3.05, 3.63) is 42.1 Å². The second kappa shape index (κ2) is 14.0. The number of nitrogens with two attached hydrogens (primary N) is 1. The molecule has 2 aliphatic rings. The summed E-state index contributed by atoms with van der Waals surface area (Å²) in [5.74, 6) is 1.86. The van der Waals surface area contributed by atoms with Gasteiger partial charge in [-0.15, -0.1) is 0 Å². The van der Waals surface area contributed by atoms with Crippen LogP contribution in [0, 0.1) is 5.92 Å². The van der Waals surface area contributed by atoms with Gasteiger partial charge in [0.15, 0.2) is 5.82 Å². The van der Waals surface area contributed by atoms with Crippen molar-refractivity contribution < 1.29 is 0 Å². The van der Waals surface area contributed by atoms with Crippen LogP contribution in [-0.4, -0.2) is 51.4 Å². The number of hydrogen-bond acceptors (Lipinski definition) is 7. The molecule has 0 radical (unpaired) electrons. The first-order valence-corrected chi connectivity index (χ1v) is 14.4. The van der Waals surface area contributed by atoms with Gasteiger partial charge in [0.1, 0.15) is 5.82 Å². The minimum Gasteiger partial charge on any atom is -0.383 e. The predicted molar refractivity (Wildman–Crippen MR) is 158 cm³/mol. The average molecular weight is 511 g/mol. The summed E-state index contributed by atoms with van der Waals surface area (Å²) in [6.45, 7) is 19.6. The highest BCUT2D eigenvalue weighted by atomic mass is 32.2. The summed E-state index contributed by atoms with van der Waals surface area (Å²) in [6.07, 6.45) is 7.14. The molecule has 0 bridgehead atoms. The standard InChI is InChI=1S/C26H38N6S.C3H8/c1-18(2)24-23(17-20-11-15-31(16-12-20)19(3)4)28-26(29-25(24)27)21-7-9-22(10-8-21)30-33-32-13-5-6-14-32;1-3-2/h7-10,19-20,30H,1,5-6,11-17H2,2-4H3,(H2,27,28,29);3H2,1-2H3. The third kappa shape index (κ3) is 7.95. The van der Waals surface area contributed by atoms with Gasteiger partial charge < -0.3 is 15.4 Å². The molecule has 198 valence electrons. The molecule has 1 aromatic heterocycles. The van der Waals surface area contributed by atoms with Crippen molar-refractivity contribution in [3.8, 4) is 11.4 Å². The number of likely N-dealkylation sites (tertiary alicyclic amines) is 1. The molecule has 2 fully saturated rings. The zero-order valence-electron chi connectivity index (χ0n) is 23.0. The normalized spacial score (nSPS) is 17.2. The zero-order valence-corrected chi connectivity index (χ0v) is 23.8. The molecule has 0 saturated carbocycles. The number of allylic oxidation sites excluding steroid dienone is 1. The summed E-state index contributed by atoms with van der Waals surface area (Å²) in [5, 5.41) is 0. The van der Waals surface area contributed by atoms with Gasteiger partial charge in [0.2, 0.25) is 0 Å². The van der Waals surface area contributed by atoms with Crippen molar-refractivity contribution in [1.29, 1.82) is 0 Å². The maximum Gasteiger partial charge on any atom is 0.161 e. The lowest BCUT2D eigenvalue weighted by Gasteiger charge is -2.34. The second-order valence-corrected chi connectivity index (χ2v) is 11.3. The Kier molecular flexibility index (Phi) is 11.1. The van der Waals surface area contributed by atoms with Crippen LogP contribution in [0.2, 0.25) is 0 Å². The van der Waals surface area contributed by atoms with Gasteiger partial charge in [0.05, 0.1) is 5.69 Å². The summed E-state index contributed by atoms with van der Waals surface area (Å²) in [6, 6.07) is 8.95. The van der Waals surface area contributed by atoms with E-state index in [1.54, 1.807) is 12.1 Å². The molecule has 1 aromatic carbocycles. The quantitative estimate of drug-likeness (QED) is 0.374. The number of piperidine rings is 1. The van der Waals surface area contributed by atoms with Crippen molar-refractivity contribution in [2.45, 2.75) is 79.2 Å². The highest BCUT2D eigenvalue weighted by Gasteiger charge is 2.24. The van der Waals surface area contributed by atoms with Crippen LogP contribution in [0.15, 0.2) is 30.8 Å². The summed E-state index contributed by atoms with van der Waals surface area (Å²) in [7, 11) is 0. The minimum atomic E-state index is 0.536. The van der Waals surface area contributed by atoms with Crippen LogP contribution in [0.5, 0.6) is 0 Å². The number of hydrogen-bond donors (Lipinski definition) is 2. The smallest absolute Gasteiger partial charge is 0.161 e. The molecule has 36 heavy (non-hydrogen) atoms. The SMILES string of the molecule is C=C(C)c1c(N)nc(-c2ccc(NSN3CCCC3)cc2)nc1CC1CCN(C(C)C)CC1.CCC. The summed E-state index contributed by atoms with van der Waals surface area (Å²) in [4.78, 5) is 12.2. The molecule has 4 rings (SSSR count). The Morgan fingerprint density at radius 1 is 1.08 bits per heavy atom. The molecular weight excluding hydrogens is 464 g/mol. The number of rotatable bonds is 8. The molecule has 3 heterocycles. The highest BCUT2D eigenvalue weighted by Crippen LogP contribution is 2.31. The van der Waals surface area contributed by atoms with Crippen molar-refractivity contribution in [3.63, 3.8) is 0 Å². The highest BCUT2D eigenvalue weighted by molar-refractivity contribution is 7.98. The summed E-state index contributed by atoms with van der Waals surface area (Å²) < 4.78 is 5.81. The van der Waals surface area contributed by atoms with Crippen molar-refractivity contribution in [2.75, 3.05) is 36.6 Å². The van der Waals surface area contributed by atoms with Gasteiger partial charge in [-0.2, -0.15) is 0 Å². The van der Waals surface area contributed by atoms with E-state index >= 15 is 0 Å². The molecular formula is C29H46N6S. The van der Waals surface area contributed by atoms with Crippen molar-refractivity contribution in [1.82, 2.24) is 19.2 Å². The number of aromatic nitrogens is 2. The Bertz CT molecular complexity index is 960. The monoisotopic (exact) mass is 510 g/mol. The zero-order chi connectivity index (χ0) is 26.1. The number of nitrogens with zero attached hydrogens (tertiary/aromatic N) is 4. The molecule has 0 atom stereocenters. The second-order valence-electron chi connectivity index (χ2n) is 10.4. The topological polar surface area (TPSA) is 70.3 Å². The third-order valence-corrected chi connectivity index (χ3v) is 7.75. The van der Waals surface area contributed by atoms with Crippen LogP contribution in [0.25, 0.3) is 17.0 Å². The number of nitrogens with one attached hydrogen (secondary N) is 1. The minimum absolute atomic E-state index is 0.536. The van der Waals surface area contributed by atoms with Gasteiger partial charge in [-0.3, -0.25) is 0 Å². The Morgan fingerprint density at radius 3 is 2.25 bits per heavy atom. The Labute approximate surface area is 223 Å². The molecule has 0 aliphatic carbocycles. The number of anilines is 2. The number of nitrogen functional groups attached to an aromatic ring is 1. The first-order valence-electron chi connectivity index (χ1n) is 13.7. The first-order chi connectivity index (χ1) is 17.3. The van der Waals surface area contributed by atoms with Crippen LogP contribution in [0.4, 0.5) is 11.5 Å². The van der Waals surface area contributed by atoms with E-state index in [4.69, 9.17) is 10.7 Å². The maximum atomic E-state index is 6.43.